The van der Waals surface area contributed by atoms with Crippen molar-refractivity contribution in [2.24, 2.45) is 5.73 Å². The summed E-state index contributed by atoms with van der Waals surface area (Å²) in [7, 11) is 1.55. The van der Waals surface area contributed by atoms with Crippen LogP contribution in [0, 0.1) is 12.7 Å². The molecule has 0 bridgehead atoms. The number of aromatic nitrogens is 2. The molecule has 3 N–H and O–H groups in total. The molecule has 90 valence electrons. The third-order valence-corrected chi connectivity index (χ3v) is 2.65. The zero-order chi connectivity index (χ0) is 12.4. The van der Waals surface area contributed by atoms with E-state index >= 15 is 0 Å². The summed E-state index contributed by atoms with van der Waals surface area (Å²) in [6.45, 7) is 2.16. The number of halogens is 1. The van der Waals surface area contributed by atoms with Crippen LogP contribution in [0.25, 0.3) is 11.1 Å². The summed E-state index contributed by atoms with van der Waals surface area (Å²) >= 11 is 0. The summed E-state index contributed by atoms with van der Waals surface area (Å²) in [6, 6.07) is 4.38. The number of hydrogen-bond donors (Lipinski definition) is 2. The molecule has 0 aliphatic rings. The van der Waals surface area contributed by atoms with Crippen LogP contribution in [0.15, 0.2) is 18.2 Å². The molecule has 1 aromatic heterocycles. The average molecular weight is 235 g/mol. The van der Waals surface area contributed by atoms with Crippen molar-refractivity contribution in [1.29, 1.82) is 0 Å². The van der Waals surface area contributed by atoms with Gasteiger partial charge in [-0.1, -0.05) is 0 Å². The second kappa shape index (κ2) is 4.55. The highest BCUT2D eigenvalue weighted by Gasteiger charge is 2.16. The summed E-state index contributed by atoms with van der Waals surface area (Å²) in [5.74, 6) is 0.287. The largest absolute Gasteiger partial charge is 0.496 e. The first kappa shape index (κ1) is 11.6. The number of aromatic amines is 1. The topological polar surface area (TPSA) is 63.9 Å². The minimum Gasteiger partial charge on any atom is -0.496 e. The molecule has 1 heterocycles. The van der Waals surface area contributed by atoms with Crippen LogP contribution >= 0.6 is 0 Å². The fourth-order valence-corrected chi connectivity index (χ4v) is 1.86. The molecule has 2 aromatic rings. The minimum absolute atomic E-state index is 0.291. The fraction of sp³-hybridized carbons (Fsp3) is 0.250. The lowest BCUT2D eigenvalue weighted by molar-refractivity contribution is 0.415. The SMILES string of the molecule is COc1ccc(F)cc1-c1c(CN)n[nH]c1C. The first-order valence-electron chi connectivity index (χ1n) is 5.25. The van der Waals surface area contributed by atoms with E-state index in [9.17, 15) is 4.39 Å². The number of rotatable bonds is 3. The van der Waals surface area contributed by atoms with Crippen LogP contribution in [-0.2, 0) is 6.54 Å². The summed E-state index contributed by atoms with van der Waals surface area (Å²) in [6.07, 6.45) is 0. The number of ether oxygens (including phenoxy) is 1. The molecular weight excluding hydrogens is 221 g/mol. The van der Waals surface area contributed by atoms with Crippen molar-refractivity contribution in [3.8, 4) is 16.9 Å². The molecule has 0 aliphatic heterocycles. The van der Waals surface area contributed by atoms with Crippen molar-refractivity contribution in [3.05, 3.63) is 35.4 Å². The third kappa shape index (κ3) is 2.01. The Balaban J connectivity index is 2.66. The van der Waals surface area contributed by atoms with Crippen LogP contribution < -0.4 is 10.5 Å². The van der Waals surface area contributed by atoms with Gasteiger partial charge in [-0.05, 0) is 25.1 Å². The van der Waals surface area contributed by atoms with Gasteiger partial charge in [-0.2, -0.15) is 5.10 Å². The number of H-pyrrole nitrogens is 1. The number of nitrogens with zero attached hydrogens (tertiary/aromatic N) is 1. The number of nitrogens with one attached hydrogen (secondary N) is 1. The zero-order valence-electron chi connectivity index (χ0n) is 9.75. The van der Waals surface area contributed by atoms with Crippen molar-refractivity contribution in [2.45, 2.75) is 13.5 Å². The second-order valence-corrected chi connectivity index (χ2v) is 3.72. The Morgan fingerprint density at radius 3 is 2.88 bits per heavy atom. The predicted octanol–water partition coefficient (Wildman–Crippen LogP) is 1.99. The van der Waals surface area contributed by atoms with E-state index in [1.165, 1.54) is 12.1 Å². The normalized spacial score (nSPS) is 10.6. The number of aryl methyl sites for hydroxylation is 1. The molecule has 0 fully saturated rings. The van der Waals surface area contributed by atoms with Gasteiger partial charge >= 0.3 is 0 Å². The molecule has 0 saturated carbocycles. The molecule has 0 amide bonds. The summed E-state index contributed by atoms with van der Waals surface area (Å²) in [4.78, 5) is 0. The maximum Gasteiger partial charge on any atom is 0.127 e. The second-order valence-electron chi connectivity index (χ2n) is 3.72. The highest BCUT2D eigenvalue weighted by atomic mass is 19.1. The van der Waals surface area contributed by atoms with Gasteiger partial charge in [0, 0.05) is 23.4 Å². The van der Waals surface area contributed by atoms with E-state index in [1.54, 1.807) is 13.2 Å². The van der Waals surface area contributed by atoms with Crippen molar-refractivity contribution in [1.82, 2.24) is 10.2 Å². The average Bonchev–Trinajstić information content (AvgIpc) is 2.70. The van der Waals surface area contributed by atoms with E-state index in [1.807, 2.05) is 6.92 Å². The molecule has 17 heavy (non-hydrogen) atoms. The van der Waals surface area contributed by atoms with Crippen LogP contribution in [0.3, 0.4) is 0 Å². The maximum atomic E-state index is 13.3. The Morgan fingerprint density at radius 1 is 1.47 bits per heavy atom. The Morgan fingerprint density at radius 2 is 2.24 bits per heavy atom. The quantitative estimate of drug-likeness (QED) is 0.855. The van der Waals surface area contributed by atoms with Crippen LogP contribution in [0.2, 0.25) is 0 Å². The number of methoxy groups -OCH3 is 1. The fourth-order valence-electron chi connectivity index (χ4n) is 1.86. The van der Waals surface area contributed by atoms with Crippen LogP contribution in [0.4, 0.5) is 4.39 Å². The van der Waals surface area contributed by atoms with Crippen molar-refractivity contribution >= 4 is 0 Å². The maximum absolute atomic E-state index is 13.3. The first-order chi connectivity index (χ1) is 8.17. The van der Waals surface area contributed by atoms with E-state index < -0.39 is 0 Å². The molecule has 1 aromatic carbocycles. The molecule has 5 heteroatoms. The standard InChI is InChI=1S/C12H14FN3O/c1-7-12(10(6-14)16-15-7)9-5-8(13)3-4-11(9)17-2/h3-5H,6,14H2,1-2H3,(H,15,16). The zero-order valence-corrected chi connectivity index (χ0v) is 9.75. The van der Waals surface area contributed by atoms with Crippen molar-refractivity contribution < 1.29 is 9.13 Å². The highest BCUT2D eigenvalue weighted by molar-refractivity contribution is 5.74. The minimum atomic E-state index is -0.315. The van der Waals surface area contributed by atoms with Crippen LogP contribution in [0.1, 0.15) is 11.4 Å². The van der Waals surface area contributed by atoms with Crippen LogP contribution in [-0.4, -0.2) is 17.3 Å². The van der Waals surface area contributed by atoms with E-state index in [4.69, 9.17) is 10.5 Å². The molecule has 0 atom stereocenters. The molecule has 0 spiro atoms. The van der Waals surface area contributed by atoms with Gasteiger partial charge in [0.05, 0.1) is 12.8 Å². The summed E-state index contributed by atoms with van der Waals surface area (Å²) in [5.41, 5.74) is 8.63. The van der Waals surface area contributed by atoms with E-state index in [0.717, 1.165) is 11.3 Å². The van der Waals surface area contributed by atoms with E-state index in [2.05, 4.69) is 10.2 Å². The summed E-state index contributed by atoms with van der Waals surface area (Å²) in [5, 5.41) is 6.94. The van der Waals surface area contributed by atoms with Crippen LogP contribution in [0.5, 0.6) is 5.75 Å². The monoisotopic (exact) mass is 235 g/mol. The van der Waals surface area contributed by atoms with Gasteiger partial charge in [0.15, 0.2) is 0 Å². The molecular formula is C12H14FN3O. The Kier molecular flexibility index (Phi) is 3.10. The van der Waals surface area contributed by atoms with E-state index in [-0.39, 0.29) is 5.82 Å². The van der Waals surface area contributed by atoms with E-state index in [0.29, 0.717) is 23.6 Å². The van der Waals surface area contributed by atoms with Crippen molar-refractivity contribution in [3.63, 3.8) is 0 Å². The van der Waals surface area contributed by atoms with Gasteiger partial charge in [-0.25, -0.2) is 4.39 Å². The molecule has 4 nitrogen and oxygen atoms in total. The molecule has 2 rings (SSSR count). The molecule has 0 unspecified atom stereocenters. The Hall–Kier alpha value is -1.88. The number of hydrogen-bond acceptors (Lipinski definition) is 3. The van der Waals surface area contributed by atoms with Gasteiger partial charge < -0.3 is 10.5 Å². The third-order valence-electron chi connectivity index (χ3n) is 2.65. The number of nitrogens with two attached hydrogens (primary N) is 1. The molecule has 0 saturated heterocycles. The smallest absolute Gasteiger partial charge is 0.127 e. The van der Waals surface area contributed by atoms with Gasteiger partial charge in [0.25, 0.3) is 0 Å². The van der Waals surface area contributed by atoms with Gasteiger partial charge in [-0.15, -0.1) is 0 Å². The Labute approximate surface area is 98.6 Å². The first-order valence-corrected chi connectivity index (χ1v) is 5.25. The van der Waals surface area contributed by atoms with Gasteiger partial charge in [0.1, 0.15) is 11.6 Å². The lowest BCUT2D eigenvalue weighted by Gasteiger charge is -2.09. The molecule has 0 radical (unpaired) electrons. The lowest BCUT2D eigenvalue weighted by atomic mass is 10.0. The van der Waals surface area contributed by atoms with Crippen molar-refractivity contribution in [2.75, 3.05) is 7.11 Å². The lowest BCUT2D eigenvalue weighted by Crippen LogP contribution is -2.00. The van der Waals surface area contributed by atoms with Gasteiger partial charge in [0.2, 0.25) is 0 Å². The highest BCUT2D eigenvalue weighted by Crippen LogP contribution is 2.34. The van der Waals surface area contributed by atoms with Gasteiger partial charge in [-0.3, -0.25) is 5.10 Å². The predicted molar refractivity (Wildman–Crippen MR) is 63.2 cm³/mol. The number of benzene rings is 1. The summed E-state index contributed by atoms with van der Waals surface area (Å²) < 4.78 is 18.6. The Bertz CT molecular complexity index is 537. The molecule has 0 aliphatic carbocycles.